The van der Waals surface area contributed by atoms with Crippen LogP contribution < -0.4 is 9.47 Å². The molecule has 0 bridgehead atoms. The lowest BCUT2D eigenvalue weighted by molar-refractivity contribution is 0.340. The molecule has 2 nitrogen and oxygen atoms in total. The largest absolute Gasteiger partial charge is 0.494 e. The number of fused-ring (bicyclic) bond motifs is 1. The minimum absolute atomic E-state index is 0.568. The smallest absolute Gasteiger partial charge is 0.153 e. The van der Waals surface area contributed by atoms with Crippen molar-refractivity contribution in [2.75, 3.05) is 6.61 Å². The summed E-state index contributed by atoms with van der Waals surface area (Å²) in [5.74, 6) is 2.26. The number of aryl methyl sites for hydroxylation is 1. The van der Waals surface area contributed by atoms with Gasteiger partial charge in [0.1, 0.15) is 11.5 Å². The van der Waals surface area contributed by atoms with Gasteiger partial charge in [-0.3, -0.25) is 0 Å². The van der Waals surface area contributed by atoms with E-state index < -0.39 is 0 Å². The number of allylic oxidation sites excluding steroid dienone is 2. The Labute approximate surface area is 170 Å². The molecule has 3 aromatic rings. The Kier molecular flexibility index (Phi) is 5.23. The summed E-state index contributed by atoms with van der Waals surface area (Å²) >= 11 is 6.76. The zero-order chi connectivity index (χ0) is 19.5. The van der Waals surface area contributed by atoms with Crippen molar-refractivity contribution in [1.29, 1.82) is 0 Å². The van der Waals surface area contributed by atoms with Crippen LogP contribution in [0.3, 0.4) is 0 Å². The van der Waals surface area contributed by atoms with Gasteiger partial charge in [-0.2, -0.15) is 0 Å². The predicted octanol–water partition coefficient (Wildman–Crippen LogP) is 6.83. The predicted molar refractivity (Wildman–Crippen MR) is 116 cm³/mol. The molecule has 0 fully saturated rings. The second-order valence-electron chi connectivity index (χ2n) is 6.61. The molecule has 0 spiro atoms. The van der Waals surface area contributed by atoms with Crippen molar-refractivity contribution in [3.05, 3.63) is 106 Å². The van der Waals surface area contributed by atoms with E-state index in [1.165, 1.54) is 5.56 Å². The molecule has 0 radical (unpaired) electrons. The van der Waals surface area contributed by atoms with Crippen molar-refractivity contribution in [3.8, 4) is 11.5 Å². The van der Waals surface area contributed by atoms with E-state index >= 15 is 0 Å². The Hall–Kier alpha value is -2.97. The van der Waals surface area contributed by atoms with Crippen molar-refractivity contribution < 1.29 is 9.47 Å². The molecule has 1 aliphatic heterocycles. The molecule has 0 atom stereocenters. The van der Waals surface area contributed by atoms with Crippen molar-refractivity contribution in [3.63, 3.8) is 0 Å². The summed E-state index contributed by atoms with van der Waals surface area (Å²) in [6.07, 6.45) is 2.00. The molecule has 0 saturated heterocycles. The van der Waals surface area contributed by atoms with Crippen molar-refractivity contribution >= 4 is 22.9 Å². The quantitative estimate of drug-likeness (QED) is 0.487. The molecule has 0 aromatic heterocycles. The van der Waals surface area contributed by atoms with Crippen LogP contribution in [0.25, 0.3) is 11.3 Å². The van der Waals surface area contributed by atoms with E-state index in [2.05, 4.69) is 25.1 Å². The van der Waals surface area contributed by atoms with E-state index in [0.717, 1.165) is 33.8 Å². The Morgan fingerprint density at radius 2 is 1.54 bits per heavy atom. The minimum atomic E-state index is 0.568. The molecule has 0 amide bonds. The maximum atomic E-state index is 6.76. The van der Waals surface area contributed by atoms with E-state index in [9.17, 15) is 0 Å². The lowest BCUT2D eigenvalue weighted by Crippen LogP contribution is -1.98. The van der Waals surface area contributed by atoms with Crippen molar-refractivity contribution in [2.24, 2.45) is 0 Å². The summed E-state index contributed by atoms with van der Waals surface area (Å²) in [7, 11) is 0. The molecular weight excluding hydrogens is 368 g/mol. The lowest BCUT2D eigenvalue weighted by Gasteiger charge is -2.14. The van der Waals surface area contributed by atoms with Gasteiger partial charge >= 0.3 is 0 Å². The Bertz CT molecular complexity index is 1060. The molecule has 0 aliphatic carbocycles. The van der Waals surface area contributed by atoms with Crippen LogP contribution in [0.2, 0.25) is 0 Å². The molecule has 0 N–H and O–H groups in total. The zero-order valence-corrected chi connectivity index (χ0v) is 16.7. The number of hydrogen-bond donors (Lipinski definition) is 0. The highest BCUT2D eigenvalue weighted by atomic mass is 35.5. The SMILES string of the molecule is CCOc1ccc(C2=C(Cl)C=C(c3ccccc3C)c3ccccc3O2)cc1. The second-order valence-corrected chi connectivity index (χ2v) is 7.01. The second kappa shape index (κ2) is 7.95. The van der Waals surface area contributed by atoms with Crippen LogP contribution in [0.1, 0.15) is 29.2 Å². The topological polar surface area (TPSA) is 18.5 Å². The van der Waals surface area contributed by atoms with Crippen LogP contribution in [0.4, 0.5) is 0 Å². The molecule has 0 saturated carbocycles. The van der Waals surface area contributed by atoms with Gasteiger partial charge in [-0.25, -0.2) is 0 Å². The summed E-state index contributed by atoms with van der Waals surface area (Å²) in [5, 5.41) is 0.568. The number of halogens is 1. The Balaban J connectivity index is 1.86. The molecule has 0 unspecified atom stereocenters. The highest BCUT2D eigenvalue weighted by Crippen LogP contribution is 2.40. The summed E-state index contributed by atoms with van der Waals surface area (Å²) in [6.45, 7) is 4.71. The van der Waals surface area contributed by atoms with Gasteiger partial charge in [-0.15, -0.1) is 0 Å². The van der Waals surface area contributed by atoms with Gasteiger partial charge in [0.05, 0.1) is 11.6 Å². The molecule has 3 aromatic carbocycles. The molecule has 1 aliphatic rings. The summed E-state index contributed by atoms with van der Waals surface area (Å²) < 4.78 is 11.8. The van der Waals surface area contributed by atoms with E-state index in [-0.39, 0.29) is 0 Å². The maximum absolute atomic E-state index is 6.76. The van der Waals surface area contributed by atoms with Gasteiger partial charge in [-0.05, 0) is 67.0 Å². The highest BCUT2D eigenvalue weighted by molar-refractivity contribution is 6.34. The molecule has 4 rings (SSSR count). The van der Waals surface area contributed by atoms with Crippen LogP contribution in [0.15, 0.2) is 83.9 Å². The van der Waals surface area contributed by atoms with E-state index in [0.29, 0.717) is 17.4 Å². The third kappa shape index (κ3) is 3.56. The number of para-hydroxylation sites is 1. The summed E-state index contributed by atoms with van der Waals surface area (Å²) in [6, 6.07) is 24.2. The van der Waals surface area contributed by atoms with Gasteiger partial charge in [0.25, 0.3) is 0 Å². The van der Waals surface area contributed by atoms with Gasteiger partial charge in [0.2, 0.25) is 0 Å². The van der Waals surface area contributed by atoms with Gasteiger partial charge in [-0.1, -0.05) is 54.1 Å². The first-order chi connectivity index (χ1) is 13.7. The van der Waals surface area contributed by atoms with Crippen LogP contribution in [-0.2, 0) is 0 Å². The van der Waals surface area contributed by atoms with Crippen LogP contribution in [-0.4, -0.2) is 6.61 Å². The third-order valence-electron chi connectivity index (χ3n) is 4.74. The summed E-state index contributed by atoms with van der Waals surface area (Å²) in [4.78, 5) is 0. The van der Waals surface area contributed by atoms with Crippen molar-refractivity contribution in [1.82, 2.24) is 0 Å². The number of rotatable bonds is 4. The fraction of sp³-hybridized carbons (Fsp3) is 0.120. The van der Waals surface area contributed by atoms with Gasteiger partial charge in [0, 0.05) is 11.1 Å². The van der Waals surface area contributed by atoms with Crippen molar-refractivity contribution in [2.45, 2.75) is 13.8 Å². The average molecular weight is 389 g/mol. The number of benzene rings is 3. The molecule has 1 heterocycles. The normalized spacial score (nSPS) is 13.3. The first-order valence-corrected chi connectivity index (χ1v) is 9.73. The lowest BCUT2D eigenvalue weighted by atomic mass is 9.93. The number of ether oxygens (including phenoxy) is 2. The van der Waals surface area contributed by atoms with E-state index in [1.54, 1.807) is 0 Å². The highest BCUT2D eigenvalue weighted by Gasteiger charge is 2.20. The average Bonchev–Trinajstić information content (AvgIpc) is 2.86. The monoisotopic (exact) mass is 388 g/mol. The van der Waals surface area contributed by atoms with Gasteiger partial charge in [0.15, 0.2) is 5.76 Å². The number of hydrogen-bond acceptors (Lipinski definition) is 2. The fourth-order valence-electron chi connectivity index (χ4n) is 3.37. The molecule has 28 heavy (non-hydrogen) atoms. The zero-order valence-electron chi connectivity index (χ0n) is 15.9. The van der Waals surface area contributed by atoms with E-state index in [1.807, 2.05) is 67.6 Å². The van der Waals surface area contributed by atoms with E-state index in [4.69, 9.17) is 21.1 Å². The standard InChI is InChI=1S/C25H21ClO2/c1-3-27-19-14-12-18(13-15-19)25-23(26)16-22(20-9-5-4-8-17(20)2)21-10-6-7-11-24(21)28-25/h4-16H,3H2,1-2H3. The molecular formula is C25H21ClO2. The Morgan fingerprint density at radius 3 is 2.25 bits per heavy atom. The minimum Gasteiger partial charge on any atom is -0.494 e. The maximum Gasteiger partial charge on any atom is 0.153 e. The first kappa shape index (κ1) is 18.4. The Morgan fingerprint density at radius 1 is 0.857 bits per heavy atom. The van der Waals surface area contributed by atoms with Crippen LogP contribution in [0, 0.1) is 6.92 Å². The fourth-order valence-corrected chi connectivity index (χ4v) is 3.63. The van der Waals surface area contributed by atoms with Crippen LogP contribution >= 0.6 is 11.6 Å². The summed E-state index contributed by atoms with van der Waals surface area (Å²) in [5.41, 5.74) is 5.32. The third-order valence-corrected chi connectivity index (χ3v) is 5.02. The molecule has 140 valence electrons. The van der Waals surface area contributed by atoms with Crippen LogP contribution in [0.5, 0.6) is 11.5 Å². The van der Waals surface area contributed by atoms with Gasteiger partial charge < -0.3 is 9.47 Å². The molecule has 3 heteroatoms. The first-order valence-electron chi connectivity index (χ1n) is 9.35.